The van der Waals surface area contributed by atoms with Crippen molar-refractivity contribution < 1.29 is 19.1 Å². The molecule has 0 aromatic heterocycles. The Bertz CT molecular complexity index is 809. The minimum Gasteiger partial charge on any atom is -0.497 e. The van der Waals surface area contributed by atoms with Gasteiger partial charge in [-0.15, -0.1) is 0 Å². The van der Waals surface area contributed by atoms with E-state index in [1.807, 2.05) is 48.5 Å². The second-order valence-corrected chi connectivity index (χ2v) is 8.18. The van der Waals surface area contributed by atoms with Crippen LogP contribution in [0.25, 0.3) is 0 Å². The lowest BCUT2D eigenvalue weighted by molar-refractivity contribution is -0.142. The molecule has 0 saturated carbocycles. The molecule has 0 heterocycles. The normalized spacial score (nSPS) is 11.5. The first kappa shape index (κ1) is 24.0. The van der Waals surface area contributed by atoms with Crippen molar-refractivity contribution in [2.24, 2.45) is 0 Å². The molecule has 1 atom stereocenters. The maximum Gasteiger partial charge on any atom is 0.261 e. The van der Waals surface area contributed by atoms with E-state index in [0.717, 1.165) is 27.7 Å². The highest BCUT2D eigenvalue weighted by molar-refractivity contribution is 14.1. The van der Waals surface area contributed by atoms with E-state index in [2.05, 4.69) is 34.8 Å². The molecule has 0 radical (unpaired) electrons. The van der Waals surface area contributed by atoms with Crippen LogP contribution in [0.15, 0.2) is 48.5 Å². The zero-order chi connectivity index (χ0) is 21.9. The number of unbranched alkanes of at least 4 members (excludes halogenated alkanes) is 1. The zero-order valence-corrected chi connectivity index (χ0v) is 19.8. The van der Waals surface area contributed by atoms with E-state index >= 15 is 0 Å². The number of halogens is 1. The third-order valence-corrected chi connectivity index (χ3v) is 5.40. The molecule has 2 aromatic carbocycles. The molecule has 0 saturated heterocycles. The van der Waals surface area contributed by atoms with Crippen molar-refractivity contribution in [2.75, 3.05) is 20.3 Å². The fourth-order valence-corrected chi connectivity index (χ4v) is 3.16. The van der Waals surface area contributed by atoms with Gasteiger partial charge in [0.15, 0.2) is 6.61 Å². The van der Waals surface area contributed by atoms with Gasteiger partial charge in [0.1, 0.15) is 17.5 Å². The van der Waals surface area contributed by atoms with Crippen molar-refractivity contribution >= 4 is 34.4 Å². The molecular formula is C23H29IN2O4. The fourth-order valence-electron chi connectivity index (χ4n) is 2.81. The number of ether oxygens (including phenoxy) is 2. The third kappa shape index (κ3) is 7.51. The molecule has 30 heavy (non-hydrogen) atoms. The Kier molecular flexibility index (Phi) is 9.93. The zero-order valence-electron chi connectivity index (χ0n) is 17.7. The summed E-state index contributed by atoms with van der Waals surface area (Å²) in [7, 11) is 1.61. The molecule has 0 aliphatic rings. The van der Waals surface area contributed by atoms with Crippen LogP contribution in [0.1, 0.15) is 32.3 Å². The monoisotopic (exact) mass is 524 g/mol. The third-order valence-electron chi connectivity index (χ3n) is 4.68. The lowest BCUT2D eigenvalue weighted by Gasteiger charge is -2.28. The molecular weight excluding hydrogens is 495 g/mol. The topological polar surface area (TPSA) is 67.9 Å². The van der Waals surface area contributed by atoms with Crippen LogP contribution in [-0.2, 0) is 16.1 Å². The van der Waals surface area contributed by atoms with Crippen LogP contribution < -0.4 is 14.8 Å². The molecule has 7 heteroatoms. The predicted molar refractivity (Wildman–Crippen MR) is 126 cm³/mol. The van der Waals surface area contributed by atoms with Crippen LogP contribution in [-0.4, -0.2) is 43.0 Å². The average Bonchev–Trinajstić information content (AvgIpc) is 2.77. The first-order chi connectivity index (χ1) is 14.4. The van der Waals surface area contributed by atoms with Crippen LogP contribution in [0.5, 0.6) is 11.5 Å². The minimum absolute atomic E-state index is 0.136. The average molecular weight is 524 g/mol. The highest BCUT2D eigenvalue weighted by Gasteiger charge is 2.26. The van der Waals surface area contributed by atoms with Gasteiger partial charge in [0.2, 0.25) is 5.91 Å². The molecule has 2 rings (SSSR count). The van der Waals surface area contributed by atoms with E-state index < -0.39 is 6.04 Å². The number of carbonyl (C=O) groups excluding carboxylic acids is 2. The van der Waals surface area contributed by atoms with E-state index in [1.54, 1.807) is 18.9 Å². The van der Waals surface area contributed by atoms with Crippen molar-refractivity contribution in [1.29, 1.82) is 0 Å². The van der Waals surface area contributed by atoms with Gasteiger partial charge in [-0.2, -0.15) is 0 Å². The molecule has 1 unspecified atom stereocenters. The summed E-state index contributed by atoms with van der Waals surface area (Å²) in [5, 5.41) is 2.91. The maximum atomic E-state index is 13.0. The summed E-state index contributed by atoms with van der Waals surface area (Å²) in [5.41, 5.74) is 0.909. The summed E-state index contributed by atoms with van der Waals surface area (Å²) in [6.07, 6.45) is 1.90. The Morgan fingerprint density at radius 2 is 1.70 bits per heavy atom. The highest BCUT2D eigenvalue weighted by atomic mass is 127. The van der Waals surface area contributed by atoms with Gasteiger partial charge < -0.3 is 19.7 Å². The lowest BCUT2D eigenvalue weighted by Crippen LogP contribution is -2.49. The first-order valence-corrected chi connectivity index (χ1v) is 11.1. The quantitative estimate of drug-likeness (QED) is 0.357. The number of hydrogen-bond acceptors (Lipinski definition) is 4. The van der Waals surface area contributed by atoms with E-state index in [0.29, 0.717) is 18.8 Å². The van der Waals surface area contributed by atoms with Crippen LogP contribution >= 0.6 is 22.6 Å². The lowest BCUT2D eigenvalue weighted by atomic mass is 10.1. The van der Waals surface area contributed by atoms with E-state index in [9.17, 15) is 9.59 Å². The van der Waals surface area contributed by atoms with E-state index in [4.69, 9.17) is 9.47 Å². The Morgan fingerprint density at radius 3 is 2.30 bits per heavy atom. The number of benzene rings is 2. The number of hydrogen-bond donors (Lipinski definition) is 1. The Morgan fingerprint density at radius 1 is 1.07 bits per heavy atom. The van der Waals surface area contributed by atoms with Crippen LogP contribution in [0.4, 0.5) is 0 Å². The largest absolute Gasteiger partial charge is 0.497 e. The molecule has 162 valence electrons. The van der Waals surface area contributed by atoms with Crippen LogP contribution in [0.3, 0.4) is 0 Å². The molecule has 0 bridgehead atoms. The Balaban J connectivity index is 2.10. The summed E-state index contributed by atoms with van der Waals surface area (Å²) in [4.78, 5) is 27.1. The van der Waals surface area contributed by atoms with Gasteiger partial charge in [0, 0.05) is 16.7 Å². The number of rotatable bonds is 11. The Labute approximate surface area is 192 Å². The van der Waals surface area contributed by atoms with E-state index in [-0.39, 0.29) is 18.4 Å². The van der Waals surface area contributed by atoms with Crippen molar-refractivity contribution in [3.8, 4) is 11.5 Å². The fraction of sp³-hybridized carbons (Fsp3) is 0.391. The van der Waals surface area contributed by atoms with E-state index in [1.165, 1.54) is 0 Å². The molecule has 0 aliphatic heterocycles. The van der Waals surface area contributed by atoms with Crippen molar-refractivity contribution in [1.82, 2.24) is 10.2 Å². The van der Waals surface area contributed by atoms with Crippen LogP contribution in [0.2, 0.25) is 0 Å². The molecule has 1 N–H and O–H groups in total. The number of nitrogens with one attached hydrogen (secondary N) is 1. The summed E-state index contributed by atoms with van der Waals surface area (Å²) in [6.45, 7) is 4.58. The van der Waals surface area contributed by atoms with Gasteiger partial charge >= 0.3 is 0 Å². The number of carbonyl (C=O) groups is 2. The molecule has 0 aliphatic carbocycles. The summed E-state index contributed by atoms with van der Waals surface area (Å²) >= 11 is 2.21. The summed E-state index contributed by atoms with van der Waals surface area (Å²) in [6, 6.07) is 14.3. The molecule has 2 amide bonds. The van der Waals surface area contributed by atoms with Crippen molar-refractivity contribution in [3.63, 3.8) is 0 Å². The maximum absolute atomic E-state index is 13.0. The molecule has 6 nitrogen and oxygen atoms in total. The second-order valence-electron chi connectivity index (χ2n) is 6.93. The summed E-state index contributed by atoms with van der Waals surface area (Å²) < 4.78 is 11.9. The minimum atomic E-state index is -0.614. The van der Waals surface area contributed by atoms with Crippen molar-refractivity contribution in [3.05, 3.63) is 57.7 Å². The van der Waals surface area contributed by atoms with Crippen molar-refractivity contribution in [2.45, 2.75) is 39.3 Å². The molecule has 2 aromatic rings. The number of nitrogens with zero attached hydrogens (tertiary/aromatic N) is 1. The van der Waals surface area contributed by atoms with Gasteiger partial charge in [0.25, 0.3) is 5.91 Å². The van der Waals surface area contributed by atoms with Gasteiger partial charge in [0.05, 0.1) is 7.11 Å². The predicted octanol–water partition coefficient (Wildman–Crippen LogP) is 4.01. The SMILES string of the molecule is CCCCNC(=O)C(C)N(Cc1ccc(OC)cc1)C(=O)COc1ccc(I)cc1. The smallest absolute Gasteiger partial charge is 0.261 e. The summed E-state index contributed by atoms with van der Waals surface area (Å²) in [5.74, 6) is 0.944. The number of amides is 2. The number of methoxy groups -OCH3 is 1. The van der Waals surface area contributed by atoms with Gasteiger partial charge in [-0.3, -0.25) is 9.59 Å². The Hall–Kier alpha value is -2.29. The second kappa shape index (κ2) is 12.4. The van der Waals surface area contributed by atoms with Gasteiger partial charge in [-0.1, -0.05) is 25.5 Å². The van der Waals surface area contributed by atoms with Gasteiger partial charge in [-0.25, -0.2) is 0 Å². The first-order valence-electron chi connectivity index (χ1n) is 10.0. The molecule has 0 fully saturated rings. The highest BCUT2D eigenvalue weighted by Crippen LogP contribution is 2.17. The standard InChI is InChI=1S/C23H29IN2O4/c1-4-5-14-25-23(28)17(2)26(15-18-6-10-20(29-3)11-7-18)22(27)16-30-21-12-8-19(24)9-13-21/h6-13,17H,4-5,14-16H2,1-3H3,(H,25,28). The van der Waals surface area contributed by atoms with Gasteiger partial charge in [-0.05, 0) is 77.9 Å². The molecule has 0 spiro atoms. The van der Waals surface area contributed by atoms with Crippen LogP contribution in [0, 0.1) is 3.57 Å².